The molecule has 3 aliphatic rings. The van der Waals surface area contributed by atoms with Gasteiger partial charge < -0.3 is 28.8 Å². The Morgan fingerprint density at radius 2 is 1.79 bits per heavy atom. The zero-order valence-electron chi connectivity index (χ0n) is 34.3. The van der Waals surface area contributed by atoms with Crippen LogP contribution in [0.15, 0.2) is 95.5 Å². The first-order valence-electron chi connectivity index (χ1n) is 20.4. The van der Waals surface area contributed by atoms with Gasteiger partial charge in [0.25, 0.3) is 15.9 Å². The molecule has 2 N–H and O–H groups in total. The van der Waals surface area contributed by atoms with E-state index in [0.717, 1.165) is 57.1 Å². The van der Waals surface area contributed by atoms with E-state index in [0.29, 0.717) is 47.9 Å². The van der Waals surface area contributed by atoms with Crippen LogP contribution in [0.4, 0.5) is 15.8 Å². The number of nitro groups is 1. The fraction of sp³-hybridized carbons (Fsp3) is 0.356. The Kier molecular flexibility index (Phi) is 12.6. The molecule has 8 rings (SSSR count). The number of carbonyl (C=O) groups is 1. The average Bonchev–Trinajstić information content (AvgIpc) is 3.71. The van der Waals surface area contributed by atoms with Crippen LogP contribution in [0.1, 0.15) is 49.0 Å². The summed E-state index contributed by atoms with van der Waals surface area (Å²) < 4.78 is 67.3. The third-order valence-electron chi connectivity index (χ3n) is 11.5. The van der Waals surface area contributed by atoms with Gasteiger partial charge in [-0.3, -0.25) is 19.8 Å². The van der Waals surface area contributed by atoms with Crippen LogP contribution < -0.4 is 19.1 Å². The van der Waals surface area contributed by atoms with Gasteiger partial charge in [0.15, 0.2) is 17.3 Å². The number of hydrogen-bond donors (Lipinski definition) is 2. The molecule has 14 nitrogen and oxygen atoms in total. The summed E-state index contributed by atoms with van der Waals surface area (Å²) in [6, 6.07) is 20.4. The van der Waals surface area contributed by atoms with Crippen molar-refractivity contribution in [2.75, 3.05) is 64.1 Å². The summed E-state index contributed by atoms with van der Waals surface area (Å²) >= 11 is 6.23. The van der Waals surface area contributed by atoms with E-state index in [9.17, 15) is 23.3 Å². The lowest BCUT2D eigenvalue weighted by Crippen LogP contribution is -2.47. The number of hydrogen-bond acceptors (Lipinski definition) is 11. The smallest absolute Gasteiger partial charge is 0.312 e. The first-order valence-corrected chi connectivity index (χ1v) is 22.3. The Hall–Kier alpha value is -5.52. The lowest BCUT2D eigenvalue weighted by atomic mass is 9.72. The second-order valence-electron chi connectivity index (χ2n) is 16.5. The predicted molar refractivity (Wildman–Crippen MR) is 233 cm³/mol. The number of fused-ring (bicyclic) bond motifs is 1. The summed E-state index contributed by atoms with van der Waals surface area (Å²) in [5.41, 5.74) is 4.62. The highest BCUT2D eigenvalue weighted by Gasteiger charge is 2.31. The van der Waals surface area contributed by atoms with E-state index < -0.39 is 43.4 Å². The quantitative estimate of drug-likeness (QED) is 0.0862. The molecule has 2 aliphatic heterocycles. The number of benzene rings is 4. The number of nitrogens with one attached hydrogen (secondary N) is 2. The number of nitrogens with zero attached hydrogens (tertiary/aromatic N) is 3. The largest absolute Gasteiger partial charge is 0.484 e. The fourth-order valence-corrected chi connectivity index (χ4v) is 9.22. The number of allylic oxidation sites excluding steroid dienone is 1. The van der Waals surface area contributed by atoms with Crippen molar-refractivity contribution < 1.29 is 41.5 Å². The molecule has 0 bridgehead atoms. The molecule has 1 unspecified atom stereocenters. The Balaban J connectivity index is 1.02. The van der Waals surface area contributed by atoms with E-state index in [1.54, 1.807) is 24.4 Å². The number of ether oxygens (including phenoxy) is 4. The number of nitro benzene ring substituents is 1. The van der Waals surface area contributed by atoms with Gasteiger partial charge in [0.1, 0.15) is 18.5 Å². The molecule has 0 saturated carbocycles. The third kappa shape index (κ3) is 9.90. The van der Waals surface area contributed by atoms with Crippen molar-refractivity contribution in [1.82, 2.24) is 14.6 Å². The van der Waals surface area contributed by atoms with Gasteiger partial charge in [0.05, 0.1) is 35.2 Å². The third-order valence-corrected chi connectivity index (χ3v) is 13.1. The number of carbonyl (C=O) groups excluding carboxylic acids is 1. The summed E-state index contributed by atoms with van der Waals surface area (Å²) in [5, 5.41) is 13.4. The lowest BCUT2D eigenvalue weighted by Gasteiger charge is -2.39. The van der Waals surface area contributed by atoms with Crippen LogP contribution in [0.2, 0.25) is 5.02 Å². The maximum absolute atomic E-state index is 15.4. The summed E-state index contributed by atoms with van der Waals surface area (Å²) in [4.78, 5) is 32.1. The molecular formula is C45H47ClFN5O9S. The Morgan fingerprint density at radius 1 is 1.00 bits per heavy atom. The lowest BCUT2D eigenvalue weighted by molar-refractivity contribution is -0.386. The fourth-order valence-electron chi connectivity index (χ4n) is 8.11. The van der Waals surface area contributed by atoms with E-state index in [1.165, 1.54) is 34.9 Å². The number of aromatic nitrogens is 1. The Morgan fingerprint density at radius 3 is 2.53 bits per heavy atom. The molecule has 1 aromatic heterocycles. The van der Waals surface area contributed by atoms with E-state index in [2.05, 4.69) is 40.8 Å². The summed E-state index contributed by atoms with van der Waals surface area (Å²) in [6.45, 7) is 9.25. The second kappa shape index (κ2) is 18.1. The molecule has 17 heteroatoms. The van der Waals surface area contributed by atoms with Gasteiger partial charge in [-0.25, -0.2) is 17.5 Å². The van der Waals surface area contributed by atoms with Gasteiger partial charge in [-0.1, -0.05) is 43.2 Å². The number of halogens is 2. The minimum Gasteiger partial charge on any atom is -0.484 e. The summed E-state index contributed by atoms with van der Waals surface area (Å²) in [6.07, 6.45) is 4.31. The summed E-state index contributed by atoms with van der Waals surface area (Å²) in [5.74, 6) is -2.22. The van der Waals surface area contributed by atoms with Gasteiger partial charge in [-0.05, 0) is 84.3 Å². The topological polar surface area (TPSA) is 166 Å². The highest BCUT2D eigenvalue weighted by molar-refractivity contribution is 7.90. The second-order valence-corrected chi connectivity index (χ2v) is 18.6. The van der Waals surface area contributed by atoms with Gasteiger partial charge in [-0.2, -0.15) is 0 Å². The van der Waals surface area contributed by atoms with Gasteiger partial charge >= 0.3 is 5.69 Å². The van der Waals surface area contributed by atoms with E-state index in [-0.39, 0.29) is 41.4 Å². The van der Waals surface area contributed by atoms with Gasteiger partial charge in [0.2, 0.25) is 0 Å². The first kappa shape index (κ1) is 43.1. The minimum absolute atomic E-state index is 0.0569. The number of piperazine rings is 1. The molecule has 2 fully saturated rings. The minimum atomic E-state index is -4.68. The first-order chi connectivity index (χ1) is 29.7. The standard InChI is InChI=1S/C45H47ClFN5O9S/c1-45(2)13-11-31(37(25-45)29-3-5-32(46)6-4-29)26-50-15-17-51(18-16-50)33-7-9-36(42(22-33)61-43-21-30-12-14-48-39(30)24-38(43)47)44(53)49-62(56,57)35-8-10-41(40(23-35)52(54)55)60-28-34-27-58-19-20-59-34/h3-10,12,14,21-24,34,48H,11,13,15-20,25-28H2,1-2H3,(H,49,53). The Labute approximate surface area is 363 Å². The molecule has 326 valence electrons. The molecule has 1 aliphatic carbocycles. The van der Waals surface area contributed by atoms with Crippen molar-refractivity contribution in [3.05, 3.63) is 123 Å². The number of sulfonamides is 1. The van der Waals surface area contributed by atoms with Crippen LogP contribution in [-0.2, 0) is 19.5 Å². The zero-order valence-corrected chi connectivity index (χ0v) is 35.9. The molecule has 3 heterocycles. The van der Waals surface area contributed by atoms with Crippen molar-refractivity contribution >= 4 is 55.4 Å². The van der Waals surface area contributed by atoms with Crippen LogP contribution >= 0.6 is 11.6 Å². The normalized spacial score (nSPS) is 18.5. The van der Waals surface area contributed by atoms with Crippen LogP contribution in [-0.4, -0.2) is 94.4 Å². The highest BCUT2D eigenvalue weighted by atomic mass is 35.5. The molecule has 1 atom stereocenters. The van der Waals surface area contributed by atoms with Gasteiger partial charge in [-0.15, -0.1) is 0 Å². The van der Waals surface area contributed by atoms with Crippen LogP contribution in [0.5, 0.6) is 17.2 Å². The van der Waals surface area contributed by atoms with E-state index in [4.69, 9.17) is 30.5 Å². The van der Waals surface area contributed by atoms with E-state index in [1.807, 2.05) is 16.9 Å². The van der Waals surface area contributed by atoms with Crippen molar-refractivity contribution in [3.63, 3.8) is 0 Å². The number of amides is 1. The van der Waals surface area contributed by atoms with Crippen molar-refractivity contribution in [1.29, 1.82) is 0 Å². The van der Waals surface area contributed by atoms with Crippen LogP contribution in [0.25, 0.3) is 16.5 Å². The Bertz CT molecular complexity index is 2620. The molecule has 62 heavy (non-hydrogen) atoms. The molecule has 4 aromatic carbocycles. The number of rotatable bonds is 13. The van der Waals surface area contributed by atoms with Crippen LogP contribution in [0.3, 0.4) is 0 Å². The maximum Gasteiger partial charge on any atom is 0.312 e. The summed E-state index contributed by atoms with van der Waals surface area (Å²) in [7, 11) is -4.68. The maximum atomic E-state index is 15.4. The van der Waals surface area contributed by atoms with Crippen LogP contribution in [0, 0.1) is 21.3 Å². The molecular weight excluding hydrogens is 841 g/mol. The molecule has 1 amide bonds. The zero-order chi connectivity index (χ0) is 43.6. The van der Waals surface area contributed by atoms with Gasteiger partial charge in [0, 0.05) is 78.7 Å². The van der Waals surface area contributed by atoms with Crippen molar-refractivity contribution in [2.24, 2.45) is 5.41 Å². The predicted octanol–water partition coefficient (Wildman–Crippen LogP) is 8.36. The highest BCUT2D eigenvalue weighted by Crippen LogP contribution is 2.43. The molecule has 0 radical (unpaired) electrons. The monoisotopic (exact) mass is 887 g/mol. The van der Waals surface area contributed by atoms with Crippen molar-refractivity contribution in [3.8, 4) is 17.2 Å². The number of aromatic amines is 1. The molecule has 0 spiro atoms. The molecule has 2 saturated heterocycles. The molecule has 5 aromatic rings. The number of H-pyrrole nitrogens is 1. The number of anilines is 1. The van der Waals surface area contributed by atoms with Crippen molar-refractivity contribution in [2.45, 2.75) is 44.1 Å². The average molecular weight is 888 g/mol. The van der Waals surface area contributed by atoms with E-state index >= 15 is 4.39 Å². The SMILES string of the molecule is CC1(C)CCC(CN2CCN(c3ccc(C(=O)NS(=O)(=O)c4ccc(OCC5COCCO5)c([N+](=O)[O-])c4)c(Oc4cc5cc[nH]c5cc4F)c3)CC2)=C(c2ccc(Cl)cc2)C1.